The standard InChI is InChI=1S/C19H21FN2O/c1-14-4-10-18(11-7-15-5-8-17(20)9-6-15)22(14)19(23)16-3-2-12-21-13-16/h2-3,5-6,8-9,12-14,18H,4,7,10-11H2,1H3/t14-,18-/m1/s1. The van der Waals surface area contributed by atoms with Crippen molar-refractivity contribution in [3.8, 4) is 0 Å². The molecule has 3 nitrogen and oxygen atoms in total. The van der Waals surface area contributed by atoms with E-state index >= 15 is 0 Å². The highest BCUT2D eigenvalue weighted by molar-refractivity contribution is 5.94. The minimum absolute atomic E-state index is 0.0622. The van der Waals surface area contributed by atoms with Crippen LogP contribution < -0.4 is 0 Å². The first-order valence-electron chi connectivity index (χ1n) is 8.12. The van der Waals surface area contributed by atoms with Gasteiger partial charge in [0.2, 0.25) is 0 Å². The summed E-state index contributed by atoms with van der Waals surface area (Å²) >= 11 is 0. The van der Waals surface area contributed by atoms with Crippen molar-refractivity contribution in [1.82, 2.24) is 9.88 Å². The van der Waals surface area contributed by atoms with Crippen LogP contribution >= 0.6 is 0 Å². The molecule has 0 aliphatic carbocycles. The van der Waals surface area contributed by atoms with Crippen molar-refractivity contribution in [2.24, 2.45) is 0 Å². The number of benzene rings is 1. The molecule has 1 aromatic carbocycles. The minimum atomic E-state index is -0.211. The predicted molar refractivity (Wildman–Crippen MR) is 87.6 cm³/mol. The predicted octanol–water partition coefficient (Wildman–Crippen LogP) is 3.85. The van der Waals surface area contributed by atoms with Crippen LogP contribution in [0.3, 0.4) is 0 Å². The van der Waals surface area contributed by atoms with E-state index < -0.39 is 0 Å². The second kappa shape index (κ2) is 6.90. The quantitative estimate of drug-likeness (QED) is 0.859. The number of aromatic nitrogens is 1. The number of nitrogens with zero attached hydrogens (tertiary/aromatic N) is 2. The highest BCUT2D eigenvalue weighted by Gasteiger charge is 2.34. The lowest BCUT2D eigenvalue weighted by Gasteiger charge is -2.28. The maximum atomic E-state index is 13.0. The number of rotatable bonds is 4. The van der Waals surface area contributed by atoms with Gasteiger partial charge in [0.1, 0.15) is 5.82 Å². The van der Waals surface area contributed by atoms with Crippen molar-refractivity contribution in [3.63, 3.8) is 0 Å². The van der Waals surface area contributed by atoms with Crippen LogP contribution in [0, 0.1) is 5.82 Å². The maximum absolute atomic E-state index is 13.0. The van der Waals surface area contributed by atoms with Crippen LogP contribution in [-0.2, 0) is 6.42 Å². The first-order valence-corrected chi connectivity index (χ1v) is 8.12. The monoisotopic (exact) mass is 312 g/mol. The summed E-state index contributed by atoms with van der Waals surface area (Å²) in [4.78, 5) is 18.8. The van der Waals surface area contributed by atoms with E-state index in [1.165, 1.54) is 12.1 Å². The average molecular weight is 312 g/mol. The number of aryl methyl sites for hydroxylation is 1. The number of likely N-dealkylation sites (tertiary alicyclic amines) is 1. The lowest BCUT2D eigenvalue weighted by molar-refractivity contribution is 0.0672. The van der Waals surface area contributed by atoms with E-state index in [-0.39, 0.29) is 23.8 Å². The Morgan fingerprint density at radius 3 is 2.74 bits per heavy atom. The molecule has 2 atom stereocenters. The molecule has 2 heterocycles. The van der Waals surface area contributed by atoms with Crippen LogP contribution in [0.15, 0.2) is 48.8 Å². The highest BCUT2D eigenvalue weighted by atomic mass is 19.1. The van der Waals surface area contributed by atoms with Crippen molar-refractivity contribution < 1.29 is 9.18 Å². The van der Waals surface area contributed by atoms with Gasteiger partial charge in [0.05, 0.1) is 5.56 Å². The molecule has 1 fully saturated rings. The number of pyridine rings is 1. The molecule has 0 unspecified atom stereocenters. The lowest BCUT2D eigenvalue weighted by Crippen LogP contribution is -2.40. The van der Waals surface area contributed by atoms with E-state index in [1.54, 1.807) is 18.5 Å². The third-order valence-electron chi connectivity index (χ3n) is 4.61. The van der Waals surface area contributed by atoms with E-state index in [0.29, 0.717) is 5.56 Å². The lowest BCUT2D eigenvalue weighted by atomic mass is 10.0. The second-order valence-corrected chi connectivity index (χ2v) is 6.20. The van der Waals surface area contributed by atoms with Crippen LogP contribution in [0.4, 0.5) is 4.39 Å². The molecule has 0 saturated carbocycles. The van der Waals surface area contributed by atoms with Crippen LogP contribution in [-0.4, -0.2) is 27.9 Å². The van der Waals surface area contributed by atoms with Crippen molar-refractivity contribution in [2.75, 3.05) is 0 Å². The number of carbonyl (C=O) groups is 1. The van der Waals surface area contributed by atoms with Gasteiger partial charge in [-0.15, -0.1) is 0 Å². The Kier molecular flexibility index (Phi) is 4.70. The molecule has 1 saturated heterocycles. The molecule has 3 rings (SSSR count). The first kappa shape index (κ1) is 15.7. The van der Waals surface area contributed by atoms with Crippen LogP contribution in [0.1, 0.15) is 42.1 Å². The Hall–Kier alpha value is -2.23. The highest BCUT2D eigenvalue weighted by Crippen LogP contribution is 2.29. The van der Waals surface area contributed by atoms with Gasteiger partial charge in [-0.2, -0.15) is 0 Å². The zero-order valence-corrected chi connectivity index (χ0v) is 13.3. The van der Waals surface area contributed by atoms with Gasteiger partial charge in [-0.25, -0.2) is 4.39 Å². The number of carbonyl (C=O) groups excluding carboxylic acids is 1. The summed E-state index contributed by atoms with van der Waals surface area (Å²) in [6, 6.07) is 10.7. The number of amides is 1. The molecule has 1 amide bonds. The SMILES string of the molecule is C[C@@H]1CC[C@H](CCc2ccc(F)cc2)N1C(=O)c1cccnc1. The van der Waals surface area contributed by atoms with Crippen LogP contribution in [0.2, 0.25) is 0 Å². The van der Waals surface area contributed by atoms with Crippen LogP contribution in [0.25, 0.3) is 0 Å². The second-order valence-electron chi connectivity index (χ2n) is 6.20. The van der Waals surface area contributed by atoms with Gasteiger partial charge in [-0.05, 0) is 62.4 Å². The zero-order valence-electron chi connectivity index (χ0n) is 13.3. The Balaban J connectivity index is 1.68. The summed E-state index contributed by atoms with van der Waals surface area (Å²) in [6.45, 7) is 2.10. The van der Waals surface area contributed by atoms with Crippen LogP contribution in [0.5, 0.6) is 0 Å². The minimum Gasteiger partial charge on any atom is -0.333 e. The third kappa shape index (κ3) is 3.58. The third-order valence-corrected chi connectivity index (χ3v) is 4.61. The van der Waals surface area contributed by atoms with Crippen molar-refractivity contribution in [2.45, 2.75) is 44.7 Å². The molecule has 0 radical (unpaired) electrons. The van der Waals surface area contributed by atoms with Gasteiger partial charge in [0, 0.05) is 24.5 Å². The maximum Gasteiger partial charge on any atom is 0.255 e. The van der Waals surface area contributed by atoms with Gasteiger partial charge in [0.25, 0.3) is 5.91 Å². The molecule has 2 aromatic rings. The number of halogens is 1. The smallest absolute Gasteiger partial charge is 0.255 e. The molecule has 4 heteroatoms. The summed E-state index contributed by atoms with van der Waals surface area (Å²) in [5, 5.41) is 0. The average Bonchev–Trinajstić information content (AvgIpc) is 2.95. The number of hydrogen-bond acceptors (Lipinski definition) is 2. The molecule has 0 N–H and O–H groups in total. The fourth-order valence-corrected chi connectivity index (χ4v) is 3.34. The van der Waals surface area contributed by atoms with Gasteiger partial charge in [-0.1, -0.05) is 12.1 Å². The summed E-state index contributed by atoms with van der Waals surface area (Å²) < 4.78 is 13.0. The molecule has 0 spiro atoms. The van der Waals surface area contributed by atoms with Gasteiger partial charge in [-0.3, -0.25) is 9.78 Å². The first-order chi connectivity index (χ1) is 11.1. The zero-order chi connectivity index (χ0) is 16.2. The largest absolute Gasteiger partial charge is 0.333 e. The molecule has 1 aliphatic rings. The fraction of sp³-hybridized carbons (Fsp3) is 0.368. The van der Waals surface area contributed by atoms with Crippen molar-refractivity contribution in [1.29, 1.82) is 0 Å². The van der Waals surface area contributed by atoms with E-state index in [0.717, 1.165) is 31.2 Å². The van der Waals surface area contributed by atoms with E-state index in [1.807, 2.05) is 23.1 Å². The molecular weight excluding hydrogens is 291 g/mol. The summed E-state index contributed by atoms with van der Waals surface area (Å²) in [5.41, 5.74) is 1.76. The van der Waals surface area contributed by atoms with Crippen molar-refractivity contribution in [3.05, 3.63) is 65.7 Å². The summed E-state index contributed by atoms with van der Waals surface area (Å²) in [6.07, 6.45) is 7.12. The Morgan fingerprint density at radius 2 is 2.04 bits per heavy atom. The topological polar surface area (TPSA) is 33.2 Å². The van der Waals surface area contributed by atoms with E-state index in [4.69, 9.17) is 0 Å². The van der Waals surface area contributed by atoms with Gasteiger partial charge >= 0.3 is 0 Å². The number of hydrogen-bond donors (Lipinski definition) is 0. The summed E-state index contributed by atoms with van der Waals surface area (Å²) in [5.74, 6) is -0.149. The van der Waals surface area contributed by atoms with Gasteiger partial charge < -0.3 is 4.90 Å². The van der Waals surface area contributed by atoms with Gasteiger partial charge in [0.15, 0.2) is 0 Å². The normalized spacial score (nSPS) is 20.7. The Morgan fingerprint density at radius 1 is 1.26 bits per heavy atom. The summed E-state index contributed by atoms with van der Waals surface area (Å²) in [7, 11) is 0. The fourth-order valence-electron chi connectivity index (χ4n) is 3.34. The van der Waals surface area contributed by atoms with E-state index in [9.17, 15) is 9.18 Å². The molecule has 1 aromatic heterocycles. The molecule has 120 valence electrons. The Labute approximate surface area is 136 Å². The molecule has 1 aliphatic heterocycles. The molecule has 0 bridgehead atoms. The van der Waals surface area contributed by atoms with E-state index in [2.05, 4.69) is 11.9 Å². The Bertz CT molecular complexity index is 657. The molecule has 23 heavy (non-hydrogen) atoms. The van der Waals surface area contributed by atoms with Crippen molar-refractivity contribution >= 4 is 5.91 Å². The molecular formula is C19H21FN2O.